The van der Waals surface area contributed by atoms with Gasteiger partial charge in [0.05, 0.1) is 10.0 Å². The number of hydrogen-bond acceptors (Lipinski definition) is 2. The van der Waals surface area contributed by atoms with Gasteiger partial charge in [-0.2, -0.15) is 13.2 Å². The zero-order chi connectivity index (χ0) is 25.6. The quantitative estimate of drug-likeness (QED) is 0.395. The van der Waals surface area contributed by atoms with E-state index in [0.717, 1.165) is 11.1 Å². The van der Waals surface area contributed by atoms with Gasteiger partial charge in [0, 0.05) is 31.5 Å². The topological polar surface area (TPSA) is 89.4 Å². The molecule has 0 aromatic heterocycles. The third-order valence-corrected chi connectivity index (χ3v) is 6.82. The van der Waals surface area contributed by atoms with E-state index in [-0.39, 0.29) is 24.8 Å². The fourth-order valence-electron chi connectivity index (χ4n) is 4.27. The molecule has 0 radical (unpaired) electrons. The molecule has 1 heterocycles. The Hall–Kier alpha value is -2.78. The molecule has 2 aromatic carbocycles. The van der Waals surface area contributed by atoms with Crippen LogP contribution in [0.2, 0.25) is 10.0 Å². The van der Waals surface area contributed by atoms with Crippen LogP contribution in [-0.4, -0.2) is 41.9 Å². The molecule has 1 unspecified atom stereocenters. The molecule has 1 aliphatic heterocycles. The first-order valence-electron chi connectivity index (χ1n) is 11.0. The Labute approximate surface area is 211 Å². The number of hydrogen-bond donors (Lipinski definition) is 3. The third kappa shape index (κ3) is 7.11. The van der Waals surface area contributed by atoms with Gasteiger partial charge in [-0.3, -0.25) is 5.73 Å². The Bertz CT molecular complexity index is 1100. The molecule has 3 rings (SSSR count). The van der Waals surface area contributed by atoms with Gasteiger partial charge in [0.15, 0.2) is 0 Å². The molecule has 11 heteroatoms. The van der Waals surface area contributed by atoms with E-state index in [4.69, 9.17) is 28.9 Å². The fraction of sp³-hybridized carbons (Fsp3) is 0.375. The second-order valence-corrected chi connectivity index (χ2v) is 9.37. The number of carbonyl (C=O) groups is 2. The van der Waals surface area contributed by atoms with E-state index >= 15 is 0 Å². The summed E-state index contributed by atoms with van der Waals surface area (Å²) in [5, 5.41) is 3.70. The minimum atomic E-state index is -5.02. The van der Waals surface area contributed by atoms with Crippen molar-refractivity contribution in [2.75, 3.05) is 13.1 Å². The summed E-state index contributed by atoms with van der Waals surface area (Å²) in [6, 6.07) is 14.3. The number of alkyl halides is 3. The largest absolute Gasteiger partial charge is 0.495 e. The van der Waals surface area contributed by atoms with E-state index in [2.05, 4.69) is 5.32 Å². The third-order valence-electron chi connectivity index (χ3n) is 6.08. The Kier molecular flexibility index (Phi) is 8.66. The second kappa shape index (κ2) is 11.3. The number of amides is 3. The summed E-state index contributed by atoms with van der Waals surface area (Å²) in [6.45, 7) is 1.14. The van der Waals surface area contributed by atoms with Gasteiger partial charge in [-0.05, 0) is 42.5 Å². The van der Waals surface area contributed by atoms with Crippen LogP contribution in [-0.2, 0) is 16.8 Å². The average Bonchev–Trinajstić information content (AvgIpc) is 2.83. The molecule has 1 fully saturated rings. The smallest absolute Gasteiger partial charge is 0.334 e. The van der Waals surface area contributed by atoms with Gasteiger partial charge in [0.1, 0.15) is 0 Å². The summed E-state index contributed by atoms with van der Waals surface area (Å²) in [4.78, 5) is 27.6. The Morgan fingerprint density at radius 3 is 2.49 bits per heavy atom. The van der Waals surface area contributed by atoms with Crippen LogP contribution in [0, 0.1) is 0 Å². The number of likely N-dealkylation sites (tertiary alicyclic amines) is 1. The lowest BCUT2D eigenvalue weighted by molar-refractivity contribution is -0.408. The fourth-order valence-corrected chi connectivity index (χ4v) is 4.59. The van der Waals surface area contributed by atoms with Crippen molar-refractivity contribution < 1.29 is 27.8 Å². The number of nitrogens with zero attached hydrogens (tertiary/aromatic N) is 1. The number of halogens is 5. The van der Waals surface area contributed by atoms with Gasteiger partial charge in [-0.15, -0.1) is 0 Å². The predicted molar refractivity (Wildman–Crippen MR) is 128 cm³/mol. The lowest BCUT2D eigenvalue weighted by atomic mass is 9.71. The van der Waals surface area contributed by atoms with E-state index in [1.807, 2.05) is 30.3 Å². The van der Waals surface area contributed by atoms with Gasteiger partial charge >= 0.3 is 18.1 Å². The van der Waals surface area contributed by atoms with Crippen LogP contribution in [0.4, 0.5) is 18.0 Å². The van der Waals surface area contributed by atoms with E-state index < -0.39 is 17.5 Å². The maximum atomic E-state index is 13.0. The number of nitrogens with one attached hydrogen (secondary N) is 2. The van der Waals surface area contributed by atoms with Crippen molar-refractivity contribution in [1.29, 1.82) is 0 Å². The van der Waals surface area contributed by atoms with Crippen molar-refractivity contribution in [2.45, 2.75) is 43.8 Å². The molecule has 0 saturated carbocycles. The molecule has 0 bridgehead atoms. The summed E-state index contributed by atoms with van der Waals surface area (Å²) in [5.41, 5.74) is 6.94. The molecule has 35 heavy (non-hydrogen) atoms. The minimum absolute atomic E-state index is 0.0371. The standard InChI is InChI=1S/C24H25Cl2F3N4O2/c25-18-8-7-16(13-19(18)26)14-31-22(35)33-12-4-10-23(15-33,17-5-2-1-3-6-17)11-9-20(30)32-21(34)24(27,28)29/h1-3,5-8,13H,4,9-12,14-15H2,(H,31,35)(H2,30,32,34)/p+1. The molecular weight excluding hydrogens is 504 g/mol. The predicted octanol–water partition coefficient (Wildman–Crippen LogP) is 3.54. The normalized spacial score (nSPS) is 18.9. The van der Waals surface area contributed by atoms with Gasteiger partial charge < -0.3 is 10.2 Å². The van der Waals surface area contributed by atoms with Crippen LogP contribution >= 0.6 is 23.2 Å². The van der Waals surface area contributed by atoms with E-state index in [0.29, 0.717) is 42.4 Å². The maximum absolute atomic E-state index is 13.0. The lowest BCUT2D eigenvalue weighted by Crippen LogP contribution is -2.83. The Morgan fingerprint density at radius 2 is 1.83 bits per heavy atom. The van der Waals surface area contributed by atoms with E-state index in [1.165, 1.54) is 0 Å². The van der Waals surface area contributed by atoms with Crippen molar-refractivity contribution in [2.24, 2.45) is 5.73 Å². The van der Waals surface area contributed by atoms with Gasteiger partial charge in [0.25, 0.3) is 0 Å². The first-order valence-corrected chi connectivity index (χ1v) is 11.8. The Balaban J connectivity index is 1.74. The minimum Gasteiger partial charge on any atom is -0.334 e. The molecule has 3 amide bonds. The highest BCUT2D eigenvalue weighted by atomic mass is 35.5. The van der Waals surface area contributed by atoms with Gasteiger partial charge in [-0.25, -0.2) is 14.6 Å². The SMILES string of the molecule is NC(CCC1(c2ccccc2)CCCN(C(=O)NCc2ccc(Cl)c(Cl)c2)C1)=[NH+]C(=O)C(F)(F)F. The van der Waals surface area contributed by atoms with Crippen molar-refractivity contribution in [3.8, 4) is 0 Å². The highest BCUT2D eigenvalue weighted by Crippen LogP contribution is 2.38. The lowest BCUT2D eigenvalue weighted by Gasteiger charge is -2.43. The number of amidine groups is 1. The van der Waals surface area contributed by atoms with Gasteiger partial charge in [-0.1, -0.05) is 59.6 Å². The van der Waals surface area contributed by atoms with Crippen molar-refractivity contribution >= 4 is 41.0 Å². The zero-order valence-corrected chi connectivity index (χ0v) is 20.3. The molecule has 1 atom stereocenters. The summed E-state index contributed by atoms with van der Waals surface area (Å²) >= 11 is 12.0. The molecule has 2 aromatic rings. The van der Waals surface area contributed by atoms with E-state index in [1.54, 1.807) is 28.1 Å². The summed E-state index contributed by atoms with van der Waals surface area (Å²) in [6.07, 6.45) is -3.21. The summed E-state index contributed by atoms with van der Waals surface area (Å²) in [7, 11) is 0. The Morgan fingerprint density at radius 1 is 1.11 bits per heavy atom. The zero-order valence-electron chi connectivity index (χ0n) is 18.8. The number of urea groups is 1. The molecule has 188 valence electrons. The van der Waals surface area contributed by atoms with Crippen LogP contribution in [0.3, 0.4) is 0 Å². The molecule has 0 aliphatic carbocycles. The van der Waals surface area contributed by atoms with Crippen molar-refractivity contribution in [1.82, 2.24) is 10.2 Å². The highest BCUT2D eigenvalue weighted by Gasteiger charge is 2.42. The first-order chi connectivity index (χ1) is 16.5. The number of carbonyl (C=O) groups excluding carboxylic acids is 2. The van der Waals surface area contributed by atoms with Crippen LogP contribution in [0.15, 0.2) is 48.5 Å². The second-order valence-electron chi connectivity index (χ2n) is 8.56. The van der Waals surface area contributed by atoms with Crippen LogP contribution in [0.5, 0.6) is 0 Å². The van der Waals surface area contributed by atoms with Crippen LogP contribution in [0.25, 0.3) is 0 Å². The van der Waals surface area contributed by atoms with Crippen molar-refractivity contribution in [3.05, 3.63) is 69.7 Å². The monoisotopic (exact) mass is 529 g/mol. The number of nitrogens with two attached hydrogens (primary N) is 1. The number of rotatable bonds is 6. The molecule has 4 N–H and O–H groups in total. The summed E-state index contributed by atoms with van der Waals surface area (Å²) in [5.74, 6) is -2.36. The average molecular weight is 530 g/mol. The molecule has 0 spiro atoms. The first kappa shape index (κ1) is 26.8. The molecule has 1 saturated heterocycles. The number of piperidine rings is 1. The number of benzene rings is 2. The maximum Gasteiger partial charge on any atom is 0.495 e. The molecule has 6 nitrogen and oxygen atoms in total. The van der Waals surface area contributed by atoms with E-state index in [9.17, 15) is 22.8 Å². The molecular formula is C24H26Cl2F3N4O2+. The van der Waals surface area contributed by atoms with Crippen LogP contribution < -0.4 is 16.0 Å². The van der Waals surface area contributed by atoms with Crippen LogP contribution in [0.1, 0.15) is 36.8 Å². The highest BCUT2D eigenvalue weighted by molar-refractivity contribution is 6.42. The van der Waals surface area contributed by atoms with Crippen molar-refractivity contribution in [3.63, 3.8) is 0 Å². The summed E-state index contributed by atoms with van der Waals surface area (Å²) < 4.78 is 37.7. The molecule has 1 aliphatic rings. The van der Waals surface area contributed by atoms with Gasteiger partial charge in [0.2, 0.25) is 5.84 Å².